The van der Waals surface area contributed by atoms with Crippen LogP contribution in [0.4, 0.5) is 5.69 Å². The summed E-state index contributed by atoms with van der Waals surface area (Å²) in [7, 11) is 1.55. The summed E-state index contributed by atoms with van der Waals surface area (Å²) < 4.78 is 10.4. The standard InChI is InChI=1S/C19H19Cl4NO4S/c1-19(26,10-29-17-11(20)4-3-5-12(17)21)18(25)24-15-9-16(28-7-6-27-2)14(23)8-13(15)22/h3-5,8-9,26H,6-7,10H2,1-2H3,(H,24,25)/t19-/m1/s1. The Morgan fingerprint density at radius 1 is 1.10 bits per heavy atom. The third-order valence-corrected chi connectivity index (χ3v) is 6.62. The van der Waals surface area contributed by atoms with E-state index in [0.29, 0.717) is 32.3 Å². The minimum atomic E-state index is -1.73. The number of nitrogens with one attached hydrogen (secondary N) is 1. The second-order valence-corrected chi connectivity index (χ2v) is 8.79. The lowest BCUT2D eigenvalue weighted by Crippen LogP contribution is -2.42. The molecule has 2 rings (SSSR count). The van der Waals surface area contributed by atoms with E-state index in [4.69, 9.17) is 55.9 Å². The van der Waals surface area contributed by atoms with Gasteiger partial charge in [-0.2, -0.15) is 0 Å². The van der Waals surface area contributed by atoms with Crippen LogP contribution in [-0.2, 0) is 9.53 Å². The molecule has 0 aliphatic rings. The van der Waals surface area contributed by atoms with Crippen molar-refractivity contribution >= 4 is 69.8 Å². The molecule has 2 aromatic rings. The van der Waals surface area contributed by atoms with Crippen LogP contribution >= 0.6 is 58.2 Å². The van der Waals surface area contributed by atoms with Gasteiger partial charge in [0.1, 0.15) is 18.0 Å². The summed E-state index contributed by atoms with van der Waals surface area (Å²) >= 11 is 25.7. The van der Waals surface area contributed by atoms with Gasteiger partial charge in [-0.05, 0) is 25.1 Å². The number of carbonyl (C=O) groups excluding carboxylic acids is 1. The lowest BCUT2D eigenvalue weighted by molar-refractivity contribution is -0.130. The van der Waals surface area contributed by atoms with E-state index < -0.39 is 11.5 Å². The summed E-state index contributed by atoms with van der Waals surface area (Å²) in [6, 6.07) is 8.03. The average Bonchev–Trinajstić information content (AvgIpc) is 2.64. The maximum Gasteiger partial charge on any atom is 0.256 e. The highest BCUT2D eigenvalue weighted by Crippen LogP contribution is 2.37. The van der Waals surface area contributed by atoms with Crippen LogP contribution < -0.4 is 10.1 Å². The molecule has 0 fully saturated rings. The van der Waals surface area contributed by atoms with Gasteiger partial charge in [0.2, 0.25) is 0 Å². The van der Waals surface area contributed by atoms with Crippen LogP contribution in [0.3, 0.4) is 0 Å². The van der Waals surface area contributed by atoms with Crippen molar-refractivity contribution in [2.45, 2.75) is 17.4 Å². The number of thioether (sulfide) groups is 1. The molecule has 0 aliphatic carbocycles. The van der Waals surface area contributed by atoms with Crippen molar-refractivity contribution in [1.29, 1.82) is 0 Å². The normalized spacial score (nSPS) is 13.1. The average molecular weight is 499 g/mol. The minimum Gasteiger partial charge on any atom is -0.490 e. The fourth-order valence-electron chi connectivity index (χ4n) is 2.13. The molecule has 0 radical (unpaired) electrons. The van der Waals surface area contributed by atoms with Gasteiger partial charge in [-0.25, -0.2) is 0 Å². The molecule has 158 valence electrons. The fraction of sp³-hybridized carbons (Fsp3) is 0.316. The first kappa shape index (κ1) is 24.4. The largest absolute Gasteiger partial charge is 0.490 e. The number of benzene rings is 2. The smallest absolute Gasteiger partial charge is 0.256 e. The van der Waals surface area contributed by atoms with Crippen LogP contribution in [0, 0.1) is 0 Å². The van der Waals surface area contributed by atoms with Gasteiger partial charge in [0.05, 0.1) is 32.4 Å². The van der Waals surface area contributed by atoms with Crippen molar-refractivity contribution in [2.75, 3.05) is 31.4 Å². The Morgan fingerprint density at radius 3 is 2.38 bits per heavy atom. The lowest BCUT2D eigenvalue weighted by atomic mass is 10.1. The second kappa shape index (κ2) is 11.0. The Kier molecular flexibility index (Phi) is 9.22. The fourth-order valence-corrected chi connectivity index (χ4v) is 4.30. The first-order valence-corrected chi connectivity index (χ1v) is 10.9. The van der Waals surface area contributed by atoms with Gasteiger partial charge in [0, 0.05) is 23.8 Å². The van der Waals surface area contributed by atoms with E-state index in [2.05, 4.69) is 5.32 Å². The van der Waals surface area contributed by atoms with Crippen LogP contribution in [0.15, 0.2) is 35.2 Å². The molecule has 2 aromatic carbocycles. The SMILES string of the molecule is COCCOc1cc(NC(=O)[C@](C)(O)CSc2c(Cl)cccc2Cl)c(Cl)cc1Cl. The number of carbonyl (C=O) groups is 1. The van der Waals surface area contributed by atoms with Crippen LogP contribution in [0.25, 0.3) is 0 Å². The van der Waals surface area contributed by atoms with Gasteiger partial charge in [0.15, 0.2) is 0 Å². The summed E-state index contributed by atoms with van der Waals surface area (Å²) in [5, 5.41) is 14.6. The van der Waals surface area contributed by atoms with E-state index in [1.165, 1.54) is 30.8 Å². The van der Waals surface area contributed by atoms with Gasteiger partial charge in [-0.1, -0.05) is 52.5 Å². The number of hydrogen-bond acceptors (Lipinski definition) is 5. The van der Waals surface area contributed by atoms with Gasteiger partial charge >= 0.3 is 0 Å². The first-order valence-electron chi connectivity index (χ1n) is 8.37. The Balaban J connectivity index is 2.10. The van der Waals surface area contributed by atoms with Crippen molar-refractivity contribution < 1.29 is 19.4 Å². The molecule has 0 aromatic heterocycles. The van der Waals surface area contributed by atoms with Crippen LogP contribution in [0.1, 0.15) is 6.92 Å². The third-order valence-electron chi connectivity index (χ3n) is 3.72. The monoisotopic (exact) mass is 497 g/mol. The van der Waals surface area contributed by atoms with Crippen molar-refractivity contribution in [3.05, 3.63) is 50.4 Å². The molecule has 0 aliphatic heterocycles. The highest BCUT2D eigenvalue weighted by Gasteiger charge is 2.31. The third kappa shape index (κ3) is 6.82. The summed E-state index contributed by atoms with van der Waals surface area (Å²) in [4.78, 5) is 13.2. The predicted octanol–water partition coefficient (Wildman–Crippen LogP) is 5.81. The molecule has 29 heavy (non-hydrogen) atoms. The van der Waals surface area contributed by atoms with Crippen LogP contribution in [0.2, 0.25) is 20.1 Å². The summed E-state index contributed by atoms with van der Waals surface area (Å²) in [5.41, 5.74) is -1.47. The van der Waals surface area contributed by atoms with Gasteiger partial charge in [-0.3, -0.25) is 4.79 Å². The summed E-state index contributed by atoms with van der Waals surface area (Å²) in [6.45, 7) is 2.04. The van der Waals surface area contributed by atoms with E-state index in [1.54, 1.807) is 25.3 Å². The molecule has 0 bridgehead atoms. The molecule has 1 amide bonds. The Bertz CT molecular complexity index is 859. The van der Waals surface area contributed by atoms with E-state index in [1.807, 2.05) is 0 Å². The van der Waals surface area contributed by atoms with Crippen molar-refractivity contribution in [3.8, 4) is 5.75 Å². The summed E-state index contributed by atoms with van der Waals surface area (Å²) in [5.74, 6) is -0.300. The highest BCUT2D eigenvalue weighted by atomic mass is 35.5. The molecule has 0 unspecified atom stereocenters. The van der Waals surface area contributed by atoms with Crippen molar-refractivity contribution in [3.63, 3.8) is 0 Å². The highest BCUT2D eigenvalue weighted by molar-refractivity contribution is 7.99. The van der Waals surface area contributed by atoms with Crippen molar-refractivity contribution in [1.82, 2.24) is 0 Å². The number of ether oxygens (including phenoxy) is 2. The molecule has 1 atom stereocenters. The van der Waals surface area contributed by atoms with Gasteiger partial charge in [-0.15, -0.1) is 11.8 Å². The Labute approximate surface area is 193 Å². The summed E-state index contributed by atoms with van der Waals surface area (Å²) in [6.07, 6.45) is 0. The number of anilines is 1. The van der Waals surface area contributed by atoms with Crippen LogP contribution in [0.5, 0.6) is 5.75 Å². The molecule has 0 heterocycles. The van der Waals surface area contributed by atoms with Crippen LogP contribution in [-0.4, -0.2) is 42.7 Å². The number of halogens is 4. The maximum atomic E-state index is 12.6. The number of rotatable bonds is 9. The zero-order valence-corrected chi connectivity index (χ0v) is 19.4. The zero-order valence-electron chi connectivity index (χ0n) is 15.6. The van der Waals surface area contributed by atoms with Gasteiger partial charge in [0.25, 0.3) is 5.91 Å². The first-order chi connectivity index (χ1) is 13.7. The molecule has 10 heteroatoms. The number of hydrogen-bond donors (Lipinski definition) is 2. The zero-order chi connectivity index (χ0) is 21.6. The van der Waals surface area contributed by atoms with E-state index in [0.717, 1.165) is 0 Å². The molecule has 0 saturated carbocycles. The molecular weight excluding hydrogens is 480 g/mol. The molecule has 5 nitrogen and oxygen atoms in total. The quantitative estimate of drug-likeness (QED) is 0.337. The maximum absolute atomic E-state index is 12.6. The number of aliphatic hydroxyl groups is 1. The number of amides is 1. The minimum absolute atomic E-state index is 0.0185. The van der Waals surface area contributed by atoms with E-state index in [-0.39, 0.29) is 23.1 Å². The predicted molar refractivity (Wildman–Crippen MR) is 120 cm³/mol. The molecule has 2 N–H and O–H groups in total. The molecule has 0 spiro atoms. The molecular formula is C19H19Cl4NO4S. The number of methoxy groups -OCH3 is 1. The van der Waals surface area contributed by atoms with Crippen molar-refractivity contribution in [2.24, 2.45) is 0 Å². The second-order valence-electron chi connectivity index (χ2n) is 6.17. The van der Waals surface area contributed by atoms with Gasteiger partial charge < -0.3 is 19.9 Å². The lowest BCUT2D eigenvalue weighted by Gasteiger charge is -2.23. The van der Waals surface area contributed by atoms with E-state index >= 15 is 0 Å². The molecule has 0 saturated heterocycles. The van der Waals surface area contributed by atoms with E-state index in [9.17, 15) is 9.90 Å². The topological polar surface area (TPSA) is 67.8 Å². The Hall–Kier alpha value is -0.860. The Morgan fingerprint density at radius 2 is 1.76 bits per heavy atom.